The molecule has 0 bridgehead atoms. The van der Waals surface area contributed by atoms with Crippen molar-refractivity contribution in [3.8, 4) is 0 Å². The molecule has 3 atom stereocenters. The molecule has 2 heterocycles. The van der Waals surface area contributed by atoms with E-state index >= 15 is 0 Å². The van der Waals surface area contributed by atoms with Crippen LogP contribution in [0.4, 0.5) is 0 Å². The molecule has 1 saturated heterocycles. The lowest BCUT2D eigenvalue weighted by Gasteiger charge is -2.48. The minimum absolute atomic E-state index is 0.0451. The number of thioether (sulfide) groups is 1. The molecule has 2 N–H and O–H groups in total. The molecule has 1 fully saturated rings. The Bertz CT molecular complexity index is 1520. The fourth-order valence-corrected chi connectivity index (χ4v) is 5.67. The summed E-state index contributed by atoms with van der Waals surface area (Å²) in [5.74, 6) is -5.04. The van der Waals surface area contributed by atoms with Gasteiger partial charge in [-0.3, -0.25) is 24.1 Å². The number of β-lactam (4-membered cyclic amide) rings is 1. The van der Waals surface area contributed by atoms with E-state index in [2.05, 4.69) is 5.32 Å². The van der Waals surface area contributed by atoms with Crippen LogP contribution in [0.5, 0.6) is 0 Å². The zero-order chi connectivity index (χ0) is 27.0. The highest BCUT2D eigenvalue weighted by atomic mass is 32.2. The van der Waals surface area contributed by atoms with Crippen molar-refractivity contribution in [3.05, 3.63) is 95.2 Å². The molecule has 192 valence electrons. The summed E-state index contributed by atoms with van der Waals surface area (Å²) in [6, 6.07) is 20.5. The van der Waals surface area contributed by atoms with Crippen LogP contribution in [-0.4, -0.2) is 50.3 Å². The first-order valence-electron chi connectivity index (χ1n) is 11.7. The van der Waals surface area contributed by atoms with Gasteiger partial charge in [0.05, 0.1) is 0 Å². The van der Waals surface area contributed by atoms with Crippen LogP contribution in [0, 0.1) is 0 Å². The Morgan fingerprint density at radius 1 is 1.00 bits per heavy atom. The number of hydrogen-bond donors (Lipinski definition) is 2. The number of carbonyl (C=O) groups excluding carboxylic acids is 4. The molecule has 3 aromatic carbocycles. The molecule has 0 aliphatic carbocycles. The summed E-state index contributed by atoms with van der Waals surface area (Å²) in [5.41, 5.74) is 0.668. The summed E-state index contributed by atoms with van der Waals surface area (Å²) in [6.45, 7) is 1.28. The maximum Gasteiger partial charge on any atom is 0.353 e. The van der Waals surface area contributed by atoms with E-state index in [9.17, 15) is 29.1 Å². The minimum Gasteiger partial charge on any atom is -0.477 e. The molecule has 9 nitrogen and oxygen atoms in total. The summed E-state index contributed by atoms with van der Waals surface area (Å²) in [4.78, 5) is 64.3. The Kier molecular flexibility index (Phi) is 6.73. The van der Waals surface area contributed by atoms with E-state index in [0.29, 0.717) is 5.56 Å². The summed E-state index contributed by atoms with van der Waals surface area (Å²) in [6.07, 6.45) is 0. The van der Waals surface area contributed by atoms with E-state index in [1.165, 1.54) is 6.92 Å². The summed E-state index contributed by atoms with van der Waals surface area (Å²) < 4.78 is 5.52. The zero-order valence-corrected chi connectivity index (χ0v) is 20.9. The van der Waals surface area contributed by atoms with Gasteiger partial charge in [0.25, 0.3) is 5.91 Å². The van der Waals surface area contributed by atoms with Gasteiger partial charge in [-0.05, 0) is 34.9 Å². The number of esters is 1. The zero-order valence-electron chi connectivity index (χ0n) is 20.1. The molecule has 5 rings (SSSR count). The fourth-order valence-electron chi connectivity index (χ4n) is 4.54. The lowest BCUT2D eigenvalue weighted by molar-refractivity contribution is -0.154. The first kappa shape index (κ1) is 25.2. The topological polar surface area (TPSA) is 130 Å². The summed E-state index contributed by atoms with van der Waals surface area (Å²) in [5, 5.41) is 12.6. The molecule has 10 heteroatoms. The molecule has 0 saturated carbocycles. The highest BCUT2D eigenvalue weighted by molar-refractivity contribution is 8.14. The van der Waals surface area contributed by atoms with Crippen molar-refractivity contribution < 1.29 is 33.8 Å². The average molecular weight is 531 g/mol. The molecule has 38 heavy (non-hydrogen) atoms. The van der Waals surface area contributed by atoms with Gasteiger partial charge in [-0.15, -0.1) is 0 Å². The SMILES string of the molecule is CC1=C(C(=O)O)N2C(=O)C(NC(=O)C(C(=O)OCc3ccc4ccccc4c3)c3ccccc3)[C@@H]2SC1=O. The maximum atomic E-state index is 13.4. The van der Waals surface area contributed by atoms with Crippen LogP contribution in [-0.2, 0) is 35.3 Å². The number of carbonyl (C=O) groups is 5. The van der Waals surface area contributed by atoms with Gasteiger partial charge < -0.3 is 15.2 Å². The molecule has 0 radical (unpaired) electrons. The molecule has 0 aromatic heterocycles. The van der Waals surface area contributed by atoms with E-state index in [0.717, 1.165) is 33.0 Å². The number of benzene rings is 3. The Labute approximate surface area is 221 Å². The van der Waals surface area contributed by atoms with Crippen LogP contribution in [0.1, 0.15) is 24.0 Å². The van der Waals surface area contributed by atoms with Crippen LogP contribution in [0.25, 0.3) is 10.8 Å². The Morgan fingerprint density at radius 2 is 1.68 bits per heavy atom. The van der Waals surface area contributed by atoms with Crippen molar-refractivity contribution in [3.63, 3.8) is 0 Å². The molecule has 2 unspecified atom stereocenters. The highest BCUT2D eigenvalue weighted by Crippen LogP contribution is 2.41. The summed E-state index contributed by atoms with van der Waals surface area (Å²) in [7, 11) is 0. The molecular weight excluding hydrogens is 508 g/mol. The number of nitrogens with one attached hydrogen (secondary N) is 1. The third-order valence-corrected chi connectivity index (χ3v) is 7.74. The smallest absolute Gasteiger partial charge is 0.353 e. The van der Waals surface area contributed by atoms with Crippen LogP contribution in [0.2, 0.25) is 0 Å². The monoisotopic (exact) mass is 530 g/mol. The fraction of sp³-hybridized carbons (Fsp3) is 0.179. The first-order chi connectivity index (χ1) is 18.3. The van der Waals surface area contributed by atoms with Crippen molar-refractivity contribution in [1.82, 2.24) is 10.2 Å². The van der Waals surface area contributed by atoms with Gasteiger partial charge in [-0.25, -0.2) is 4.79 Å². The van der Waals surface area contributed by atoms with Crippen molar-refractivity contribution in [2.24, 2.45) is 0 Å². The van der Waals surface area contributed by atoms with E-state index in [-0.39, 0.29) is 12.2 Å². The quantitative estimate of drug-likeness (QED) is 0.271. The molecule has 2 aliphatic heterocycles. The van der Waals surface area contributed by atoms with Crippen molar-refractivity contribution in [1.29, 1.82) is 0 Å². The lowest BCUT2D eigenvalue weighted by atomic mass is 9.96. The Balaban J connectivity index is 1.33. The molecular formula is C28H22N2O7S. The largest absolute Gasteiger partial charge is 0.477 e. The van der Waals surface area contributed by atoms with Crippen molar-refractivity contribution in [2.45, 2.75) is 30.9 Å². The van der Waals surface area contributed by atoms with Crippen LogP contribution in [0.3, 0.4) is 0 Å². The van der Waals surface area contributed by atoms with Crippen LogP contribution >= 0.6 is 11.8 Å². The standard InChI is InChI=1S/C28H22N2O7S/c1-15-22(26(33)34)30-24(32)21(25(30)38-28(15)36)29-23(31)20(18-8-3-2-4-9-18)27(35)37-14-16-11-12-17-7-5-6-10-19(17)13-16/h2-13,20-21,25H,14H2,1H3,(H,29,31)(H,33,34)/t20?,21?,25-/m0/s1. The van der Waals surface area contributed by atoms with Gasteiger partial charge in [0.2, 0.25) is 11.0 Å². The van der Waals surface area contributed by atoms with E-state index in [1.807, 2.05) is 42.5 Å². The first-order valence-corrected chi connectivity index (χ1v) is 12.6. The second-order valence-electron chi connectivity index (χ2n) is 8.90. The van der Waals surface area contributed by atoms with Gasteiger partial charge in [0.15, 0.2) is 5.92 Å². The number of amides is 2. The average Bonchev–Trinajstić information content (AvgIpc) is 2.92. The lowest BCUT2D eigenvalue weighted by Crippen LogP contribution is -2.71. The Morgan fingerprint density at radius 3 is 2.39 bits per heavy atom. The number of aliphatic carboxylic acids is 1. The third-order valence-electron chi connectivity index (χ3n) is 6.50. The highest BCUT2D eigenvalue weighted by Gasteiger charge is 2.56. The predicted molar refractivity (Wildman–Crippen MR) is 138 cm³/mol. The minimum atomic E-state index is -1.40. The van der Waals surface area contributed by atoms with Crippen molar-refractivity contribution in [2.75, 3.05) is 0 Å². The number of hydrogen-bond acceptors (Lipinski definition) is 7. The molecule has 0 spiro atoms. The third kappa shape index (κ3) is 4.54. The van der Waals surface area contributed by atoms with E-state index in [1.54, 1.807) is 30.3 Å². The van der Waals surface area contributed by atoms with E-state index in [4.69, 9.17) is 4.74 Å². The van der Waals surface area contributed by atoms with Crippen LogP contribution < -0.4 is 5.32 Å². The second kappa shape index (κ2) is 10.1. The normalized spacial score (nSPS) is 19.4. The predicted octanol–water partition coefficient (Wildman–Crippen LogP) is 2.95. The van der Waals surface area contributed by atoms with Gasteiger partial charge >= 0.3 is 11.9 Å². The molecule has 2 aliphatic rings. The maximum absolute atomic E-state index is 13.4. The molecule has 2 amide bonds. The Hall–Kier alpha value is -4.44. The van der Waals surface area contributed by atoms with Gasteiger partial charge in [-0.1, -0.05) is 78.5 Å². The van der Waals surface area contributed by atoms with Gasteiger partial charge in [0, 0.05) is 5.57 Å². The van der Waals surface area contributed by atoms with Gasteiger partial charge in [-0.2, -0.15) is 0 Å². The number of ether oxygens (including phenoxy) is 1. The van der Waals surface area contributed by atoms with E-state index < -0.39 is 51.9 Å². The molecule has 3 aromatic rings. The van der Waals surface area contributed by atoms with Crippen molar-refractivity contribution >= 4 is 51.4 Å². The number of nitrogens with zero attached hydrogens (tertiary/aromatic N) is 1. The summed E-state index contributed by atoms with van der Waals surface area (Å²) >= 11 is 0.758. The number of fused-ring (bicyclic) bond motifs is 2. The number of carboxylic acid groups (broad SMARTS) is 1. The van der Waals surface area contributed by atoms with Crippen LogP contribution in [0.15, 0.2) is 84.1 Å². The number of carboxylic acids is 1. The van der Waals surface area contributed by atoms with Gasteiger partial charge in [0.1, 0.15) is 23.7 Å². The number of rotatable bonds is 7. The second-order valence-corrected chi connectivity index (χ2v) is 9.99.